The van der Waals surface area contributed by atoms with Gasteiger partial charge in [-0.15, -0.1) is 0 Å². The van der Waals surface area contributed by atoms with Gasteiger partial charge in [-0.25, -0.2) is 0 Å². The lowest BCUT2D eigenvalue weighted by molar-refractivity contribution is 0.0851. The molecule has 4 nitrogen and oxygen atoms in total. The van der Waals surface area contributed by atoms with Crippen LogP contribution in [0.1, 0.15) is 42.5 Å². The molecule has 4 heteroatoms. The number of rotatable bonds is 2. The smallest absolute Gasteiger partial charge is 0.255 e. The Bertz CT molecular complexity index is 483. The van der Waals surface area contributed by atoms with Gasteiger partial charge < -0.3 is 15.7 Å². The lowest BCUT2D eigenvalue weighted by atomic mass is 9.70. The summed E-state index contributed by atoms with van der Waals surface area (Å²) >= 11 is 0. The third-order valence-electron chi connectivity index (χ3n) is 4.42. The van der Waals surface area contributed by atoms with Crippen LogP contribution in [0.15, 0.2) is 24.3 Å². The summed E-state index contributed by atoms with van der Waals surface area (Å²) in [4.78, 5) is 12.2. The lowest BCUT2D eigenvalue weighted by Gasteiger charge is -2.48. The van der Waals surface area contributed by atoms with Crippen molar-refractivity contribution in [3.05, 3.63) is 29.8 Å². The average molecular weight is 260 g/mol. The molecule has 1 saturated carbocycles. The second kappa shape index (κ2) is 4.85. The van der Waals surface area contributed by atoms with Crippen molar-refractivity contribution in [3.8, 4) is 5.75 Å². The van der Waals surface area contributed by atoms with Crippen LogP contribution in [0.3, 0.4) is 0 Å². The minimum absolute atomic E-state index is 0.0484. The van der Waals surface area contributed by atoms with Crippen LogP contribution in [0.4, 0.5) is 0 Å². The van der Waals surface area contributed by atoms with Crippen LogP contribution in [0.5, 0.6) is 5.75 Å². The molecular formula is C15H20N2O2. The second-order valence-electron chi connectivity index (χ2n) is 5.74. The highest BCUT2D eigenvalue weighted by molar-refractivity contribution is 5.96. The molecule has 19 heavy (non-hydrogen) atoms. The van der Waals surface area contributed by atoms with Crippen LogP contribution in [-0.4, -0.2) is 29.1 Å². The number of amides is 1. The topological polar surface area (TPSA) is 61.4 Å². The number of carbonyl (C=O) groups is 1. The quantitative estimate of drug-likeness (QED) is 0.760. The zero-order chi connectivity index (χ0) is 13.3. The molecular weight excluding hydrogens is 240 g/mol. The number of para-hydroxylation sites is 1. The molecule has 1 aromatic carbocycles. The molecule has 1 spiro atoms. The molecule has 1 amide bonds. The lowest BCUT2D eigenvalue weighted by Crippen LogP contribution is -2.59. The molecule has 1 aliphatic heterocycles. The number of phenols is 1. The van der Waals surface area contributed by atoms with E-state index < -0.39 is 0 Å². The predicted octanol–water partition coefficient (Wildman–Crippen LogP) is 1.80. The van der Waals surface area contributed by atoms with Crippen molar-refractivity contribution in [2.24, 2.45) is 0 Å². The summed E-state index contributed by atoms with van der Waals surface area (Å²) in [6.45, 7) is 0.964. The van der Waals surface area contributed by atoms with E-state index in [1.807, 2.05) is 0 Å². The maximum Gasteiger partial charge on any atom is 0.255 e. The number of aromatic hydroxyl groups is 1. The van der Waals surface area contributed by atoms with E-state index in [1.165, 1.54) is 19.3 Å². The van der Waals surface area contributed by atoms with Crippen molar-refractivity contribution in [2.45, 2.75) is 43.7 Å². The van der Waals surface area contributed by atoms with Crippen LogP contribution < -0.4 is 10.6 Å². The molecule has 1 aromatic rings. The standard InChI is InChI=1S/C15H20N2O2/c18-13-5-2-1-4-12(13)14(19)17-11-6-9-16-15(10-11)7-3-8-15/h1-2,4-5,11,16,18H,3,6-10H2,(H,17,19). The highest BCUT2D eigenvalue weighted by Gasteiger charge is 2.41. The maximum absolute atomic E-state index is 12.2. The molecule has 2 aliphatic rings. The zero-order valence-corrected chi connectivity index (χ0v) is 11.0. The second-order valence-corrected chi connectivity index (χ2v) is 5.74. The first kappa shape index (κ1) is 12.5. The minimum Gasteiger partial charge on any atom is -0.507 e. The monoisotopic (exact) mass is 260 g/mol. The van der Waals surface area contributed by atoms with Crippen molar-refractivity contribution in [2.75, 3.05) is 6.54 Å². The van der Waals surface area contributed by atoms with E-state index in [0.29, 0.717) is 5.56 Å². The summed E-state index contributed by atoms with van der Waals surface area (Å²) in [6, 6.07) is 6.91. The van der Waals surface area contributed by atoms with E-state index in [0.717, 1.165) is 19.4 Å². The number of benzene rings is 1. The average Bonchev–Trinajstić information content (AvgIpc) is 2.37. The number of nitrogens with one attached hydrogen (secondary N) is 2. The molecule has 1 aliphatic carbocycles. The van der Waals surface area contributed by atoms with E-state index in [2.05, 4.69) is 10.6 Å². The van der Waals surface area contributed by atoms with Gasteiger partial charge in [0.25, 0.3) is 5.91 Å². The molecule has 2 fully saturated rings. The predicted molar refractivity (Wildman–Crippen MR) is 73.2 cm³/mol. The summed E-state index contributed by atoms with van der Waals surface area (Å²) < 4.78 is 0. The fourth-order valence-electron chi connectivity index (χ4n) is 3.19. The number of hydrogen-bond donors (Lipinski definition) is 3. The van der Waals surface area contributed by atoms with Crippen LogP contribution in [0.2, 0.25) is 0 Å². The Hall–Kier alpha value is -1.55. The Labute approximate surface area is 113 Å². The Morgan fingerprint density at radius 1 is 1.37 bits per heavy atom. The minimum atomic E-state index is -0.167. The Morgan fingerprint density at radius 3 is 2.84 bits per heavy atom. The number of hydrogen-bond acceptors (Lipinski definition) is 3. The maximum atomic E-state index is 12.2. The summed E-state index contributed by atoms with van der Waals surface area (Å²) in [7, 11) is 0. The molecule has 3 N–H and O–H groups in total. The van der Waals surface area contributed by atoms with Crippen molar-refractivity contribution >= 4 is 5.91 Å². The number of phenolic OH excluding ortho intramolecular Hbond substituents is 1. The number of carbonyl (C=O) groups excluding carboxylic acids is 1. The molecule has 0 aromatic heterocycles. The van der Waals surface area contributed by atoms with Crippen molar-refractivity contribution in [1.82, 2.24) is 10.6 Å². The third kappa shape index (κ3) is 2.45. The highest BCUT2D eigenvalue weighted by atomic mass is 16.3. The van der Waals surface area contributed by atoms with Gasteiger partial charge in [0.1, 0.15) is 5.75 Å². The molecule has 0 bridgehead atoms. The largest absolute Gasteiger partial charge is 0.507 e. The zero-order valence-electron chi connectivity index (χ0n) is 11.0. The first-order valence-electron chi connectivity index (χ1n) is 7.02. The van der Waals surface area contributed by atoms with Crippen molar-refractivity contribution in [3.63, 3.8) is 0 Å². The van der Waals surface area contributed by atoms with Crippen LogP contribution in [-0.2, 0) is 0 Å². The van der Waals surface area contributed by atoms with E-state index in [-0.39, 0.29) is 23.2 Å². The van der Waals surface area contributed by atoms with E-state index in [4.69, 9.17) is 0 Å². The summed E-state index contributed by atoms with van der Waals surface area (Å²) in [5, 5.41) is 16.3. The third-order valence-corrected chi connectivity index (χ3v) is 4.42. The van der Waals surface area contributed by atoms with Gasteiger partial charge in [0.2, 0.25) is 0 Å². The molecule has 1 saturated heterocycles. The van der Waals surface area contributed by atoms with Crippen LogP contribution in [0, 0.1) is 0 Å². The van der Waals surface area contributed by atoms with Gasteiger partial charge in [-0.3, -0.25) is 4.79 Å². The van der Waals surface area contributed by atoms with Gasteiger partial charge in [-0.1, -0.05) is 12.1 Å². The summed E-state index contributed by atoms with van der Waals surface area (Å²) in [5.74, 6) is -0.119. The van der Waals surface area contributed by atoms with Gasteiger partial charge >= 0.3 is 0 Å². The van der Waals surface area contributed by atoms with Crippen LogP contribution >= 0.6 is 0 Å². The molecule has 1 unspecified atom stereocenters. The van der Waals surface area contributed by atoms with E-state index in [1.54, 1.807) is 24.3 Å². The first-order valence-corrected chi connectivity index (χ1v) is 7.02. The molecule has 1 atom stereocenters. The highest BCUT2D eigenvalue weighted by Crippen LogP contribution is 2.38. The summed E-state index contributed by atoms with van der Waals surface area (Å²) in [5.41, 5.74) is 0.637. The molecule has 1 heterocycles. The Balaban J connectivity index is 1.65. The van der Waals surface area contributed by atoms with E-state index >= 15 is 0 Å². The fraction of sp³-hybridized carbons (Fsp3) is 0.533. The Kier molecular flexibility index (Phi) is 3.19. The molecule has 0 radical (unpaired) electrons. The molecule has 3 rings (SSSR count). The fourth-order valence-corrected chi connectivity index (χ4v) is 3.19. The van der Waals surface area contributed by atoms with Gasteiger partial charge in [0.05, 0.1) is 5.56 Å². The van der Waals surface area contributed by atoms with E-state index in [9.17, 15) is 9.90 Å². The van der Waals surface area contributed by atoms with Gasteiger partial charge in [0.15, 0.2) is 0 Å². The Morgan fingerprint density at radius 2 is 2.16 bits per heavy atom. The molecule has 102 valence electrons. The van der Waals surface area contributed by atoms with Gasteiger partial charge in [-0.2, -0.15) is 0 Å². The first-order chi connectivity index (χ1) is 9.19. The summed E-state index contributed by atoms with van der Waals surface area (Å²) in [6.07, 6.45) is 5.69. The van der Waals surface area contributed by atoms with Gasteiger partial charge in [-0.05, 0) is 50.8 Å². The van der Waals surface area contributed by atoms with Crippen molar-refractivity contribution in [1.29, 1.82) is 0 Å². The SMILES string of the molecule is O=C(NC1CCNC2(CCC2)C1)c1ccccc1O. The van der Waals surface area contributed by atoms with Crippen molar-refractivity contribution < 1.29 is 9.90 Å². The number of piperidine rings is 1. The van der Waals surface area contributed by atoms with Gasteiger partial charge in [0, 0.05) is 11.6 Å². The van der Waals surface area contributed by atoms with Crippen LogP contribution in [0.25, 0.3) is 0 Å². The normalized spacial score (nSPS) is 24.7.